The molecule has 2 aromatic rings. The van der Waals surface area contributed by atoms with Crippen LogP contribution in [0.2, 0.25) is 5.02 Å². The van der Waals surface area contributed by atoms with Crippen molar-refractivity contribution in [3.63, 3.8) is 0 Å². The van der Waals surface area contributed by atoms with E-state index in [0.29, 0.717) is 23.6 Å². The van der Waals surface area contributed by atoms with Crippen molar-refractivity contribution in [2.75, 3.05) is 20.2 Å². The predicted octanol–water partition coefficient (Wildman–Crippen LogP) is 4.88. The molecule has 3 rings (SSSR count). The lowest BCUT2D eigenvalue weighted by Crippen LogP contribution is -2.39. The lowest BCUT2D eigenvalue weighted by molar-refractivity contribution is -0.138. The molecule has 0 atom stereocenters. The third-order valence-electron chi connectivity index (χ3n) is 5.04. The number of amidine groups is 1. The smallest absolute Gasteiger partial charge is 0.417 e. The molecule has 1 aromatic carbocycles. The fourth-order valence-corrected chi connectivity index (χ4v) is 3.83. The van der Waals surface area contributed by atoms with E-state index in [0.717, 1.165) is 18.2 Å². The minimum Gasteiger partial charge on any atom is -0.465 e. The minimum absolute atomic E-state index is 0.101. The summed E-state index contributed by atoms with van der Waals surface area (Å²) in [5, 5.41) is 8.48. The van der Waals surface area contributed by atoms with Crippen LogP contribution in [0.3, 0.4) is 0 Å². The molecule has 0 bridgehead atoms. The van der Waals surface area contributed by atoms with Gasteiger partial charge in [0.05, 0.1) is 34.5 Å². The first-order chi connectivity index (χ1) is 14.1. The molecule has 1 aliphatic heterocycles. The number of ether oxygens (including phenoxy) is 1. The van der Waals surface area contributed by atoms with Gasteiger partial charge in [0, 0.05) is 25.2 Å². The lowest BCUT2D eigenvalue weighted by Gasteiger charge is -2.34. The second-order valence-electron chi connectivity index (χ2n) is 6.85. The molecule has 1 N–H and O–H groups in total. The number of carbonyl (C=O) groups is 1. The molecule has 0 saturated carbocycles. The number of nitrogens with one attached hydrogen (secondary N) is 1. The number of likely N-dealkylation sites (tertiary alicyclic amines) is 1. The molecule has 5 nitrogen and oxygen atoms in total. The lowest BCUT2D eigenvalue weighted by atomic mass is 9.92. The number of esters is 1. The van der Waals surface area contributed by atoms with E-state index in [4.69, 9.17) is 17.0 Å². The number of pyridine rings is 1. The first kappa shape index (κ1) is 22.0. The van der Waals surface area contributed by atoms with Crippen molar-refractivity contribution in [2.24, 2.45) is 0 Å². The van der Waals surface area contributed by atoms with Crippen molar-refractivity contribution in [1.82, 2.24) is 9.88 Å². The van der Waals surface area contributed by atoms with Gasteiger partial charge in [-0.1, -0.05) is 17.7 Å². The number of aromatic nitrogens is 1. The maximum absolute atomic E-state index is 14.2. The molecule has 0 amide bonds. The highest BCUT2D eigenvalue weighted by Crippen LogP contribution is 2.36. The molecule has 30 heavy (non-hydrogen) atoms. The quantitative estimate of drug-likeness (QED) is 0.317. The van der Waals surface area contributed by atoms with Crippen LogP contribution in [0.1, 0.15) is 45.9 Å². The summed E-state index contributed by atoms with van der Waals surface area (Å²) in [5.41, 5.74) is -1.14. The third kappa shape index (κ3) is 4.40. The highest BCUT2D eigenvalue weighted by atomic mass is 35.5. The Hall–Kier alpha value is -2.68. The Labute approximate surface area is 175 Å². The number of halogens is 5. The topological polar surface area (TPSA) is 66.3 Å². The number of hydrogen-bond donors (Lipinski definition) is 1. The van der Waals surface area contributed by atoms with Crippen LogP contribution in [-0.2, 0) is 10.9 Å². The molecule has 160 valence electrons. The molecule has 0 radical (unpaired) electrons. The molecule has 1 saturated heterocycles. The number of piperidine rings is 1. The zero-order chi connectivity index (χ0) is 22.1. The number of alkyl halides is 3. The average Bonchev–Trinajstić information content (AvgIpc) is 2.72. The Morgan fingerprint density at radius 2 is 1.97 bits per heavy atom. The number of nitrogens with zero attached hydrogens (tertiary/aromatic N) is 2. The van der Waals surface area contributed by atoms with Gasteiger partial charge in [-0.05, 0) is 31.0 Å². The van der Waals surface area contributed by atoms with E-state index in [-0.39, 0.29) is 24.6 Å². The zero-order valence-corrected chi connectivity index (χ0v) is 16.6. The van der Waals surface area contributed by atoms with Crippen LogP contribution in [0, 0.1) is 11.2 Å². The summed E-state index contributed by atoms with van der Waals surface area (Å²) in [6.45, 7) is 0.484. The van der Waals surface area contributed by atoms with Crippen molar-refractivity contribution < 1.29 is 27.1 Å². The van der Waals surface area contributed by atoms with Crippen molar-refractivity contribution in [1.29, 1.82) is 5.41 Å². The van der Waals surface area contributed by atoms with Gasteiger partial charge < -0.3 is 9.64 Å². The Balaban J connectivity index is 1.76. The summed E-state index contributed by atoms with van der Waals surface area (Å²) in [6, 6.07) is 4.12. The van der Waals surface area contributed by atoms with E-state index in [1.165, 1.54) is 24.3 Å². The first-order valence-corrected chi connectivity index (χ1v) is 9.44. The molecule has 0 spiro atoms. The standard InChI is InChI=1S/C20H18ClF4N3O2/c1-30-19(29)12-9-14(21)17(27-10-12)11-5-7-28(8-6-11)18(26)16-13(20(23,24)25)3-2-4-15(16)22/h2-4,9-11,26H,5-8H2,1H3. The molecule has 0 unspecified atom stereocenters. The van der Waals surface area contributed by atoms with E-state index < -0.39 is 34.9 Å². The number of benzene rings is 1. The van der Waals surface area contributed by atoms with Crippen LogP contribution in [0.15, 0.2) is 30.5 Å². The highest BCUT2D eigenvalue weighted by molar-refractivity contribution is 6.31. The Bertz CT molecular complexity index is 973. The minimum atomic E-state index is -4.76. The Kier molecular flexibility index (Phi) is 6.30. The van der Waals surface area contributed by atoms with Gasteiger partial charge in [0.15, 0.2) is 0 Å². The summed E-state index contributed by atoms with van der Waals surface area (Å²) in [6.07, 6.45) is -2.48. The summed E-state index contributed by atoms with van der Waals surface area (Å²) in [7, 11) is 1.24. The Morgan fingerprint density at radius 1 is 1.30 bits per heavy atom. The number of rotatable bonds is 3. The fourth-order valence-electron chi connectivity index (χ4n) is 3.51. The predicted molar refractivity (Wildman–Crippen MR) is 102 cm³/mol. The van der Waals surface area contributed by atoms with Crippen LogP contribution >= 0.6 is 11.6 Å². The van der Waals surface area contributed by atoms with Gasteiger partial charge in [-0.25, -0.2) is 9.18 Å². The molecule has 10 heteroatoms. The van der Waals surface area contributed by atoms with Crippen LogP contribution in [0.25, 0.3) is 0 Å². The molecular weight excluding hydrogens is 426 g/mol. The van der Waals surface area contributed by atoms with E-state index in [1.807, 2.05) is 0 Å². The van der Waals surface area contributed by atoms with Crippen LogP contribution in [0.5, 0.6) is 0 Å². The maximum Gasteiger partial charge on any atom is 0.417 e. The van der Waals surface area contributed by atoms with E-state index in [2.05, 4.69) is 9.72 Å². The zero-order valence-electron chi connectivity index (χ0n) is 15.9. The summed E-state index contributed by atoms with van der Waals surface area (Å²) in [4.78, 5) is 17.2. The van der Waals surface area contributed by atoms with Gasteiger partial charge in [0.25, 0.3) is 0 Å². The number of methoxy groups -OCH3 is 1. The molecule has 1 aromatic heterocycles. The van der Waals surface area contributed by atoms with Gasteiger partial charge in [-0.3, -0.25) is 10.4 Å². The number of carbonyl (C=O) groups excluding carboxylic acids is 1. The van der Waals surface area contributed by atoms with Gasteiger partial charge in [0.1, 0.15) is 11.7 Å². The summed E-state index contributed by atoms with van der Waals surface area (Å²) in [5.74, 6) is -2.25. The van der Waals surface area contributed by atoms with Crippen LogP contribution in [-0.4, -0.2) is 41.9 Å². The normalized spacial score (nSPS) is 15.2. The summed E-state index contributed by atoms with van der Waals surface area (Å²) < 4.78 is 58.6. The Morgan fingerprint density at radius 3 is 2.53 bits per heavy atom. The van der Waals surface area contributed by atoms with Gasteiger partial charge in [-0.2, -0.15) is 13.2 Å². The summed E-state index contributed by atoms with van der Waals surface area (Å²) >= 11 is 6.25. The van der Waals surface area contributed by atoms with E-state index >= 15 is 0 Å². The SMILES string of the molecule is COC(=O)c1cnc(C2CCN(C(=N)c3c(F)cccc3C(F)(F)F)CC2)c(Cl)c1. The second kappa shape index (κ2) is 8.59. The molecular formula is C20H18ClF4N3O2. The van der Waals surface area contributed by atoms with Gasteiger partial charge in [0.2, 0.25) is 0 Å². The highest BCUT2D eigenvalue weighted by Gasteiger charge is 2.37. The molecule has 1 fully saturated rings. The van der Waals surface area contributed by atoms with Crippen LogP contribution in [0.4, 0.5) is 17.6 Å². The first-order valence-electron chi connectivity index (χ1n) is 9.06. The molecule has 0 aliphatic carbocycles. The van der Waals surface area contributed by atoms with Crippen molar-refractivity contribution in [3.8, 4) is 0 Å². The maximum atomic E-state index is 14.2. The average molecular weight is 444 g/mol. The van der Waals surface area contributed by atoms with Crippen LogP contribution < -0.4 is 0 Å². The van der Waals surface area contributed by atoms with E-state index in [1.54, 1.807) is 0 Å². The van der Waals surface area contributed by atoms with Crippen molar-refractivity contribution in [3.05, 3.63) is 63.7 Å². The molecule has 2 heterocycles. The van der Waals surface area contributed by atoms with Crippen molar-refractivity contribution in [2.45, 2.75) is 24.9 Å². The largest absolute Gasteiger partial charge is 0.465 e. The van der Waals surface area contributed by atoms with Crippen molar-refractivity contribution >= 4 is 23.4 Å². The second-order valence-corrected chi connectivity index (χ2v) is 7.26. The van der Waals surface area contributed by atoms with Gasteiger partial charge >= 0.3 is 12.1 Å². The van der Waals surface area contributed by atoms with Gasteiger partial charge in [-0.15, -0.1) is 0 Å². The fraction of sp³-hybridized carbons (Fsp3) is 0.350. The number of hydrogen-bond acceptors (Lipinski definition) is 4. The van der Waals surface area contributed by atoms with E-state index in [9.17, 15) is 22.4 Å². The monoisotopic (exact) mass is 443 g/mol. The third-order valence-corrected chi connectivity index (χ3v) is 5.35. The molecule has 1 aliphatic rings.